The second-order valence-corrected chi connectivity index (χ2v) is 25.3. The van der Waals surface area contributed by atoms with Crippen LogP contribution in [0.3, 0.4) is 0 Å². The van der Waals surface area contributed by atoms with Gasteiger partial charge in [-0.2, -0.15) is 0 Å². The third-order valence-corrected chi connectivity index (χ3v) is 19.8. The largest absolute Gasteiger partial charge is 0.309 e. The summed E-state index contributed by atoms with van der Waals surface area (Å²) >= 11 is 0. The number of benzene rings is 16. The Hall–Kier alpha value is -13.2. The number of fused-ring (bicyclic) bond motifs is 18. The van der Waals surface area contributed by atoms with Crippen LogP contribution in [0.2, 0.25) is 0 Å². The molecule has 0 N–H and O–H groups in total. The van der Waals surface area contributed by atoms with Gasteiger partial charge in [0.05, 0.1) is 44.1 Å². The van der Waals surface area contributed by atoms with E-state index in [1.165, 1.54) is 143 Å². The van der Waals surface area contributed by atoms with Gasteiger partial charge in [-0.25, -0.2) is 0 Å². The van der Waals surface area contributed by atoms with Crippen LogP contribution >= 0.6 is 0 Å². The number of hydrogen-bond donors (Lipinski definition) is 0. The van der Waals surface area contributed by atoms with Gasteiger partial charge in [0.15, 0.2) is 0 Å². The van der Waals surface area contributed by atoms with Gasteiger partial charge in [0, 0.05) is 79.3 Å². The lowest BCUT2D eigenvalue weighted by atomic mass is 9.94. The van der Waals surface area contributed by atoms with Crippen LogP contribution in [0.4, 0.5) is 0 Å². The molecule has 0 aliphatic heterocycles. The van der Waals surface area contributed by atoms with Gasteiger partial charge in [-0.3, -0.25) is 19.9 Å². The Morgan fingerprint density at radius 1 is 0.153 bits per heavy atom. The minimum absolute atomic E-state index is 0.944. The zero-order valence-electron chi connectivity index (χ0n) is 53.2. The third kappa shape index (κ3) is 9.57. The molecular formula is C92H58N6. The number of hydrogen-bond acceptors (Lipinski definition) is 4. The first-order valence-corrected chi connectivity index (χ1v) is 33.3. The van der Waals surface area contributed by atoms with Crippen molar-refractivity contribution in [3.05, 3.63) is 352 Å². The predicted octanol–water partition coefficient (Wildman–Crippen LogP) is 24.1. The van der Waals surface area contributed by atoms with Gasteiger partial charge in [-0.1, -0.05) is 249 Å². The van der Waals surface area contributed by atoms with Crippen LogP contribution < -0.4 is 0 Å². The van der Waals surface area contributed by atoms with E-state index in [1.54, 1.807) is 24.8 Å². The predicted molar refractivity (Wildman–Crippen MR) is 410 cm³/mol. The first kappa shape index (κ1) is 56.4. The van der Waals surface area contributed by atoms with Crippen molar-refractivity contribution in [1.82, 2.24) is 29.1 Å². The maximum atomic E-state index is 4.71. The molecule has 0 amide bonds. The second kappa shape index (κ2) is 23.4. The molecule has 6 nitrogen and oxygen atoms in total. The van der Waals surface area contributed by atoms with Crippen LogP contribution in [-0.2, 0) is 0 Å². The lowest BCUT2D eigenvalue weighted by Gasteiger charge is -2.11. The van der Waals surface area contributed by atoms with Crippen molar-refractivity contribution in [3.8, 4) is 78.1 Å². The van der Waals surface area contributed by atoms with Crippen molar-refractivity contribution in [2.24, 2.45) is 0 Å². The summed E-state index contributed by atoms with van der Waals surface area (Å²) in [6.45, 7) is 0. The Kier molecular flexibility index (Phi) is 13.5. The molecule has 0 aliphatic rings. The molecule has 6 heteroatoms. The second-order valence-electron chi connectivity index (χ2n) is 25.3. The minimum Gasteiger partial charge on any atom is -0.309 e. The van der Waals surface area contributed by atoms with E-state index in [-0.39, 0.29) is 0 Å². The Morgan fingerprint density at radius 2 is 0.408 bits per heavy atom. The van der Waals surface area contributed by atoms with E-state index in [2.05, 4.69) is 347 Å². The fraction of sp³-hybridized carbons (Fsp3) is 0. The van der Waals surface area contributed by atoms with E-state index >= 15 is 0 Å². The van der Waals surface area contributed by atoms with Gasteiger partial charge in [0.25, 0.3) is 0 Å². The highest BCUT2D eigenvalue weighted by molar-refractivity contribution is 6.25. The Labute approximate surface area is 564 Å². The van der Waals surface area contributed by atoms with Gasteiger partial charge in [-0.15, -0.1) is 0 Å². The lowest BCUT2D eigenvalue weighted by Crippen LogP contribution is -1.92. The van der Waals surface area contributed by atoms with E-state index in [1.807, 2.05) is 0 Å². The van der Waals surface area contributed by atoms with Crippen LogP contribution in [0.25, 0.3) is 187 Å². The molecule has 98 heavy (non-hydrogen) atoms. The van der Waals surface area contributed by atoms with Gasteiger partial charge >= 0.3 is 0 Å². The highest BCUT2D eigenvalue weighted by Crippen LogP contribution is 2.42. The molecule has 0 atom stereocenters. The molecule has 0 radical (unpaired) electrons. The van der Waals surface area contributed by atoms with Gasteiger partial charge in [0.1, 0.15) is 0 Å². The first-order chi connectivity index (χ1) is 48.6. The smallest absolute Gasteiger partial charge is 0.0971 e. The lowest BCUT2D eigenvalue weighted by molar-refractivity contribution is 1.18. The normalized spacial score (nSPS) is 11.7. The maximum absolute atomic E-state index is 4.71. The van der Waals surface area contributed by atoms with E-state index in [0.717, 1.165) is 43.6 Å². The molecule has 20 aromatic rings. The first-order valence-electron chi connectivity index (χ1n) is 33.3. The fourth-order valence-electron chi connectivity index (χ4n) is 15.1. The molecule has 4 heterocycles. The van der Waals surface area contributed by atoms with E-state index < -0.39 is 0 Å². The van der Waals surface area contributed by atoms with E-state index in [0.29, 0.717) is 0 Å². The molecule has 16 aromatic carbocycles. The molecule has 0 fully saturated rings. The summed E-state index contributed by atoms with van der Waals surface area (Å²) in [5.74, 6) is 0. The van der Waals surface area contributed by atoms with Crippen LogP contribution in [0.15, 0.2) is 352 Å². The van der Waals surface area contributed by atoms with Crippen molar-refractivity contribution in [2.75, 3.05) is 0 Å². The van der Waals surface area contributed by atoms with Crippen molar-refractivity contribution in [1.29, 1.82) is 0 Å². The highest BCUT2D eigenvalue weighted by atomic mass is 15.0. The number of aromatic nitrogens is 6. The molecule has 0 saturated carbocycles. The topological polar surface area (TPSA) is 61.4 Å². The molecular weight excluding hydrogens is 1190 g/mol. The monoisotopic (exact) mass is 1250 g/mol. The van der Waals surface area contributed by atoms with Crippen LogP contribution in [0.5, 0.6) is 0 Å². The molecule has 0 bridgehead atoms. The zero-order chi connectivity index (χ0) is 64.6. The minimum atomic E-state index is 0.944. The molecule has 20 rings (SSSR count). The Bertz CT molecular complexity index is 6440. The van der Waals surface area contributed by atoms with E-state index in [9.17, 15) is 0 Å². The summed E-state index contributed by atoms with van der Waals surface area (Å²) in [6, 6.07) is 118. The van der Waals surface area contributed by atoms with Crippen LogP contribution in [-0.4, -0.2) is 29.1 Å². The average Bonchev–Trinajstić information content (AvgIpc) is 1.68. The molecule has 4 aromatic heterocycles. The highest BCUT2D eigenvalue weighted by Gasteiger charge is 2.18. The van der Waals surface area contributed by atoms with Gasteiger partial charge < -0.3 is 9.13 Å². The number of nitrogens with zero attached hydrogens (tertiary/aromatic N) is 6. The number of para-hydroxylation sites is 4. The Balaban J connectivity index is 0.000000137. The molecule has 0 spiro atoms. The van der Waals surface area contributed by atoms with Crippen LogP contribution in [0, 0.1) is 0 Å². The average molecular weight is 1250 g/mol. The van der Waals surface area contributed by atoms with Crippen LogP contribution in [0.1, 0.15) is 0 Å². The van der Waals surface area contributed by atoms with Gasteiger partial charge in [0.2, 0.25) is 0 Å². The summed E-state index contributed by atoms with van der Waals surface area (Å²) in [5, 5.41) is 14.4. The Morgan fingerprint density at radius 3 is 0.796 bits per heavy atom. The molecule has 0 unspecified atom stereocenters. The zero-order valence-corrected chi connectivity index (χ0v) is 53.2. The van der Waals surface area contributed by atoms with Gasteiger partial charge in [-0.05, 0) is 167 Å². The third-order valence-electron chi connectivity index (χ3n) is 19.8. The fourth-order valence-corrected chi connectivity index (χ4v) is 15.1. The summed E-state index contributed by atoms with van der Waals surface area (Å²) < 4.78 is 4.72. The summed E-state index contributed by atoms with van der Waals surface area (Å²) in [4.78, 5) is 18.8. The van der Waals surface area contributed by atoms with Crippen molar-refractivity contribution in [3.63, 3.8) is 0 Å². The maximum Gasteiger partial charge on any atom is 0.0971 e. The molecule has 0 saturated heterocycles. The van der Waals surface area contributed by atoms with Crippen molar-refractivity contribution < 1.29 is 0 Å². The quantitative estimate of drug-likeness (QED) is 0.142. The van der Waals surface area contributed by atoms with Crippen molar-refractivity contribution in [2.45, 2.75) is 0 Å². The van der Waals surface area contributed by atoms with Crippen molar-refractivity contribution >= 4 is 109 Å². The summed E-state index contributed by atoms with van der Waals surface area (Å²) in [5.41, 5.74) is 25.4. The van der Waals surface area contributed by atoms with E-state index in [4.69, 9.17) is 9.97 Å². The SMILES string of the molecule is c1ccc(-n2c3ccccc3c3cc(-c4ccc(-c5ccc(-c6ccc7c(c6)c6ccccc6c6nccnc76)cc5)cc4)ccc32)cc1.c1ccc(-n2c3ccccc3c3cc(-c4cccc(-c5ccc(-c6ccc7c(c6)c6ccccc6c6nccnc76)cc5)c4)ccc32)cc1. The summed E-state index contributed by atoms with van der Waals surface area (Å²) in [6.07, 6.45) is 7.10. The molecule has 456 valence electrons. The standard InChI is InChI=1S/2C46H29N3/c1-2-11-36(12-3-1)49-43-16-7-6-14-38(43)42-29-35(22-24-44(42)49)33-10-8-9-32(27-33)30-17-19-31(20-18-30)34-21-23-40-41(28-34)37-13-4-5-15-39(37)45-46(40)48-26-25-47-45;1-2-8-36(9-3-1)49-43-13-7-6-11-38(43)42-29-35(23-25-44(42)49)33-20-16-31(17-21-33)30-14-18-32(19-15-30)34-22-24-40-41(28-34)37-10-4-5-12-39(37)45-46(40)48-27-26-47-45/h2*1-29H. The number of rotatable bonds is 8. The molecule has 0 aliphatic carbocycles. The summed E-state index contributed by atoms with van der Waals surface area (Å²) in [7, 11) is 0.